The van der Waals surface area contributed by atoms with Crippen molar-refractivity contribution < 1.29 is 4.74 Å². The second-order valence-corrected chi connectivity index (χ2v) is 6.69. The van der Waals surface area contributed by atoms with Gasteiger partial charge < -0.3 is 4.74 Å². The zero-order chi connectivity index (χ0) is 12.5. The fraction of sp³-hybridized carbons (Fsp3) is 1.00. The van der Waals surface area contributed by atoms with Crippen LogP contribution in [0.2, 0.25) is 0 Å². The minimum Gasteiger partial charge on any atom is -0.377 e. The summed E-state index contributed by atoms with van der Waals surface area (Å²) >= 11 is 0. The molecule has 3 heterocycles. The molecule has 0 aromatic carbocycles. The zero-order valence-electron chi connectivity index (χ0n) is 12.0. The molecule has 0 amide bonds. The van der Waals surface area contributed by atoms with Crippen molar-refractivity contribution in [2.45, 2.75) is 57.7 Å². The Balaban J connectivity index is 1.64. The number of hydrogen-bond acceptors (Lipinski definition) is 3. The maximum Gasteiger partial charge on any atom is 0.0702 e. The first-order chi connectivity index (χ1) is 8.74. The van der Waals surface area contributed by atoms with Gasteiger partial charge >= 0.3 is 0 Å². The minimum absolute atomic E-state index is 0.513. The van der Waals surface area contributed by atoms with Gasteiger partial charge in [0.15, 0.2) is 0 Å². The van der Waals surface area contributed by atoms with E-state index in [9.17, 15) is 0 Å². The highest BCUT2D eigenvalue weighted by molar-refractivity contribution is 4.94. The Morgan fingerprint density at radius 2 is 2.06 bits per heavy atom. The molecule has 0 N–H and O–H groups in total. The van der Waals surface area contributed by atoms with Crippen LogP contribution >= 0.6 is 0 Å². The van der Waals surface area contributed by atoms with Gasteiger partial charge in [-0.05, 0) is 38.1 Å². The summed E-state index contributed by atoms with van der Waals surface area (Å²) in [5.41, 5.74) is 0. The molecule has 0 saturated carbocycles. The van der Waals surface area contributed by atoms with Crippen LogP contribution in [0.3, 0.4) is 0 Å². The predicted molar refractivity (Wildman–Crippen MR) is 73.8 cm³/mol. The lowest BCUT2D eigenvalue weighted by Crippen LogP contribution is -2.59. The largest absolute Gasteiger partial charge is 0.377 e. The van der Waals surface area contributed by atoms with Crippen molar-refractivity contribution in [1.29, 1.82) is 0 Å². The molecule has 18 heavy (non-hydrogen) atoms. The molecule has 0 aromatic rings. The van der Waals surface area contributed by atoms with E-state index >= 15 is 0 Å². The molecule has 3 saturated heterocycles. The van der Waals surface area contributed by atoms with Crippen LogP contribution in [-0.4, -0.2) is 60.8 Å². The molecule has 3 rings (SSSR count). The van der Waals surface area contributed by atoms with Crippen molar-refractivity contribution in [2.24, 2.45) is 5.92 Å². The maximum atomic E-state index is 5.84. The van der Waals surface area contributed by atoms with E-state index in [1.807, 2.05) is 0 Å². The van der Waals surface area contributed by atoms with Gasteiger partial charge in [-0.25, -0.2) is 0 Å². The maximum absolute atomic E-state index is 5.84. The summed E-state index contributed by atoms with van der Waals surface area (Å²) in [6.45, 7) is 10.8. The molecule has 3 fully saturated rings. The predicted octanol–water partition coefficient (Wildman–Crippen LogP) is 1.97. The quantitative estimate of drug-likeness (QED) is 0.764. The van der Waals surface area contributed by atoms with E-state index in [1.54, 1.807) is 0 Å². The Labute approximate surface area is 111 Å². The topological polar surface area (TPSA) is 15.7 Å². The van der Waals surface area contributed by atoms with Crippen LogP contribution in [0.1, 0.15) is 39.5 Å². The lowest BCUT2D eigenvalue weighted by atomic mass is 9.96. The van der Waals surface area contributed by atoms with Crippen molar-refractivity contribution in [1.82, 2.24) is 9.80 Å². The first kappa shape index (κ1) is 12.9. The molecule has 0 spiro atoms. The van der Waals surface area contributed by atoms with E-state index in [2.05, 4.69) is 23.6 Å². The van der Waals surface area contributed by atoms with Crippen LogP contribution in [0.25, 0.3) is 0 Å². The smallest absolute Gasteiger partial charge is 0.0702 e. The van der Waals surface area contributed by atoms with E-state index in [0.717, 1.165) is 24.6 Å². The fourth-order valence-corrected chi connectivity index (χ4v) is 4.00. The molecule has 3 heteroatoms. The Bertz CT molecular complexity index is 274. The number of fused-ring (bicyclic) bond motifs is 1. The van der Waals surface area contributed by atoms with Crippen molar-refractivity contribution in [2.75, 3.05) is 32.8 Å². The summed E-state index contributed by atoms with van der Waals surface area (Å²) in [5, 5.41) is 0. The van der Waals surface area contributed by atoms with Gasteiger partial charge in [-0.15, -0.1) is 0 Å². The molecule has 3 nitrogen and oxygen atoms in total. The van der Waals surface area contributed by atoms with Crippen molar-refractivity contribution in [3.63, 3.8) is 0 Å². The van der Waals surface area contributed by atoms with Crippen LogP contribution in [0, 0.1) is 5.92 Å². The Morgan fingerprint density at radius 3 is 2.78 bits per heavy atom. The Kier molecular flexibility index (Phi) is 3.92. The molecular formula is C15H28N2O. The van der Waals surface area contributed by atoms with Crippen LogP contribution in [0.5, 0.6) is 0 Å². The van der Waals surface area contributed by atoms with Gasteiger partial charge in [-0.2, -0.15) is 0 Å². The Morgan fingerprint density at radius 1 is 1.17 bits per heavy atom. The van der Waals surface area contributed by atoms with Gasteiger partial charge in [0.05, 0.1) is 6.10 Å². The van der Waals surface area contributed by atoms with E-state index in [-0.39, 0.29) is 0 Å². The van der Waals surface area contributed by atoms with Gasteiger partial charge in [0.25, 0.3) is 0 Å². The lowest BCUT2D eigenvalue weighted by molar-refractivity contribution is -0.00761. The summed E-state index contributed by atoms with van der Waals surface area (Å²) in [5.74, 6) is 0.757. The second kappa shape index (κ2) is 5.48. The van der Waals surface area contributed by atoms with Crippen molar-refractivity contribution >= 4 is 0 Å². The van der Waals surface area contributed by atoms with Gasteiger partial charge in [0.2, 0.25) is 0 Å². The average Bonchev–Trinajstić information content (AvgIpc) is 2.97. The highest BCUT2D eigenvalue weighted by Gasteiger charge is 2.38. The van der Waals surface area contributed by atoms with Gasteiger partial charge in [-0.3, -0.25) is 9.80 Å². The van der Waals surface area contributed by atoms with E-state index in [1.165, 1.54) is 51.9 Å². The van der Waals surface area contributed by atoms with Crippen molar-refractivity contribution in [3.8, 4) is 0 Å². The van der Waals surface area contributed by atoms with E-state index < -0.39 is 0 Å². The van der Waals surface area contributed by atoms with Gasteiger partial charge in [0.1, 0.15) is 0 Å². The standard InChI is InChI=1S/C15H28N2O/c1-12(2)15-11-16-7-3-5-13(16)9-17(15)10-14-6-4-8-18-14/h12-15H,3-11H2,1-2H3. The first-order valence-electron chi connectivity index (χ1n) is 7.83. The molecule has 3 unspecified atom stereocenters. The molecule has 3 aliphatic heterocycles. The highest BCUT2D eigenvalue weighted by Crippen LogP contribution is 2.28. The number of piperazine rings is 1. The summed E-state index contributed by atoms with van der Waals surface area (Å²) in [4.78, 5) is 5.48. The third-order valence-electron chi connectivity index (χ3n) is 5.07. The molecule has 104 valence electrons. The van der Waals surface area contributed by atoms with Crippen LogP contribution in [0.4, 0.5) is 0 Å². The SMILES string of the molecule is CC(C)C1CN2CCCC2CN1CC1CCCO1. The number of nitrogens with zero attached hydrogens (tertiary/aromatic N) is 2. The van der Waals surface area contributed by atoms with E-state index in [0.29, 0.717) is 6.10 Å². The highest BCUT2D eigenvalue weighted by atomic mass is 16.5. The molecule has 0 aliphatic carbocycles. The van der Waals surface area contributed by atoms with Crippen LogP contribution in [-0.2, 0) is 4.74 Å². The summed E-state index contributed by atoms with van der Waals surface area (Å²) in [6.07, 6.45) is 5.87. The third kappa shape index (κ3) is 2.59. The monoisotopic (exact) mass is 252 g/mol. The summed E-state index contributed by atoms with van der Waals surface area (Å²) in [7, 11) is 0. The first-order valence-corrected chi connectivity index (χ1v) is 7.83. The van der Waals surface area contributed by atoms with Gasteiger partial charge in [0, 0.05) is 38.3 Å². The number of rotatable bonds is 3. The zero-order valence-corrected chi connectivity index (χ0v) is 12.0. The molecule has 0 aromatic heterocycles. The molecule has 3 aliphatic rings. The second-order valence-electron chi connectivity index (χ2n) is 6.69. The molecule has 3 atom stereocenters. The Hall–Kier alpha value is -0.120. The van der Waals surface area contributed by atoms with E-state index in [4.69, 9.17) is 4.74 Å². The molecule has 0 bridgehead atoms. The minimum atomic E-state index is 0.513. The normalized spacial score (nSPS) is 38.5. The van der Waals surface area contributed by atoms with Crippen LogP contribution in [0.15, 0.2) is 0 Å². The third-order valence-corrected chi connectivity index (χ3v) is 5.07. The summed E-state index contributed by atoms with van der Waals surface area (Å²) in [6, 6.07) is 1.57. The van der Waals surface area contributed by atoms with Gasteiger partial charge in [-0.1, -0.05) is 13.8 Å². The van der Waals surface area contributed by atoms with Crippen LogP contribution < -0.4 is 0 Å². The average molecular weight is 252 g/mol. The number of hydrogen-bond donors (Lipinski definition) is 0. The summed E-state index contributed by atoms with van der Waals surface area (Å²) < 4.78 is 5.84. The molecule has 0 radical (unpaired) electrons. The molecular weight excluding hydrogens is 224 g/mol. The van der Waals surface area contributed by atoms with Crippen molar-refractivity contribution in [3.05, 3.63) is 0 Å². The fourth-order valence-electron chi connectivity index (χ4n) is 4.00. The lowest BCUT2D eigenvalue weighted by Gasteiger charge is -2.46. The number of ether oxygens (including phenoxy) is 1.